The second kappa shape index (κ2) is 8.03. The third kappa shape index (κ3) is 4.74. The summed E-state index contributed by atoms with van der Waals surface area (Å²) >= 11 is 0. The van der Waals surface area contributed by atoms with Crippen molar-refractivity contribution in [1.82, 2.24) is 10.9 Å². The first-order valence-corrected chi connectivity index (χ1v) is 7.03. The maximum absolute atomic E-state index is 12.0. The van der Waals surface area contributed by atoms with E-state index in [1.54, 1.807) is 36.4 Å². The Morgan fingerprint density at radius 1 is 1.08 bits per heavy atom. The van der Waals surface area contributed by atoms with Crippen LogP contribution in [-0.2, 0) is 4.79 Å². The lowest BCUT2D eigenvalue weighted by Gasteiger charge is -2.06. The van der Waals surface area contributed by atoms with Crippen molar-refractivity contribution < 1.29 is 14.5 Å². The summed E-state index contributed by atoms with van der Waals surface area (Å²) in [4.78, 5) is 34.0. The Morgan fingerprint density at radius 2 is 1.80 bits per heavy atom. The van der Waals surface area contributed by atoms with Gasteiger partial charge in [0.15, 0.2) is 0 Å². The van der Waals surface area contributed by atoms with Crippen LogP contribution < -0.4 is 10.9 Å². The summed E-state index contributed by atoms with van der Waals surface area (Å²) in [7, 11) is 0. The van der Waals surface area contributed by atoms with Crippen molar-refractivity contribution >= 4 is 23.6 Å². The summed E-state index contributed by atoms with van der Waals surface area (Å²) in [6.07, 6.45) is 1.37. The smallest absolute Gasteiger partial charge is 0.267 e. The lowest BCUT2D eigenvalue weighted by atomic mass is 10.1. The summed E-state index contributed by atoms with van der Waals surface area (Å²) in [5.74, 6) is -1.54. The van der Waals surface area contributed by atoms with Crippen LogP contribution in [0.3, 0.4) is 0 Å². The average molecular weight is 336 g/mol. The number of hydrogen-bond donors (Lipinski definition) is 2. The summed E-state index contributed by atoms with van der Waals surface area (Å²) in [6.45, 7) is 0. The Labute approximate surface area is 142 Å². The second-order valence-electron chi connectivity index (χ2n) is 4.80. The van der Waals surface area contributed by atoms with Gasteiger partial charge in [0.25, 0.3) is 17.5 Å². The van der Waals surface area contributed by atoms with Gasteiger partial charge in [-0.2, -0.15) is 5.26 Å². The molecule has 0 bridgehead atoms. The fraction of sp³-hybridized carbons (Fsp3) is 0. The van der Waals surface area contributed by atoms with Crippen LogP contribution in [0, 0.1) is 21.4 Å². The zero-order chi connectivity index (χ0) is 18.2. The average Bonchev–Trinajstić information content (AvgIpc) is 2.64. The quantitative estimate of drug-likeness (QED) is 0.382. The Kier molecular flexibility index (Phi) is 5.58. The third-order valence-electron chi connectivity index (χ3n) is 3.08. The SMILES string of the molecule is N#C/C(=C/c1ccccc1)C(=O)NNC(=O)c1cccc([N+](=O)[O-])c1. The Hall–Kier alpha value is -3.99. The Bertz CT molecular complexity index is 885. The molecule has 2 aromatic rings. The number of carbonyl (C=O) groups is 2. The van der Waals surface area contributed by atoms with Crippen LogP contribution in [0.15, 0.2) is 60.2 Å². The van der Waals surface area contributed by atoms with Gasteiger partial charge in [-0.3, -0.25) is 30.6 Å². The predicted molar refractivity (Wildman–Crippen MR) is 88.7 cm³/mol. The molecule has 0 saturated heterocycles. The number of hydrogen-bond acceptors (Lipinski definition) is 5. The van der Waals surface area contributed by atoms with E-state index < -0.39 is 16.7 Å². The van der Waals surface area contributed by atoms with Gasteiger partial charge < -0.3 is 0 Å². The number of nitro groups is 1. The zero-order valence-corrected chi connectivity index (χ0v) is 12.8. The fourth-order valence-electron chi connectivity index (χ4n) is 1.88. The molecule has 0 atom stereocenters. The van der Waals surface area contributed by atoms with Crippen LogP contribution in [0.2, 0.25) is 0 Å². The van der Waals surface area contributed by atoms with Crippen LogP contribution in [0.25, 0.3) is 6.08 Å². The molecule has 0 radical (unpaired) electrons. The van der Waals surface area contributed by atoms with Gasteiger partial charge in [0.05, 0.1) is 4.92 Å². The van der Waals surface area contributed by atoms with Gasteiger partial charge in [0, 0.05) is 17.7 Å². The topological polar surface area (TPSA) is 125 Å². The minimum absolute atomic E-state index is 0.0000432. The number of nitrogens with zero attached hydrogens (tertiary/aromatic N) is 2. The van der Waals surface area contributed by atoms with Crippen molar-refractivity contribution in [3.8, 4) is 6.07 Å². The number of carbonyl (C=O) groups excluding carboxylic acids is 2. The van der Waals surface area contributed by atoms with Crippen LogP contribution in [0.5, 0.6) is 0 Å². The largest absolute Gasteiger partial charge is 0.280 e. The molecule has 8 nitrogen and oxygen atoms in total. The zero-order valence-electron chi connectivity index (χ0n) is 12.8. The molecule has 0 aromatic heterocycles. The molecule has 0 aliphatic heterocycles. The number of nitrogens with one attached hydrogen (secondary N) is 2. The molecule has 2 aromatic carbocycles. The molecule has 0 spiro atoms. The maximum atomic E-state index is 12.0. The highest BCUT2D eigenvalue weighted by atomic mass is 16.6. The minimum atomic E-state index is -0.801. The summed E-state index contributed by atoms with van der Waals surface area (Å²) in [6, 6.07) is 15.5. The van der Waals surface area contributed by atoms with Crippen LogP contribution in [-0.4, -0.2) is 16.7 Å². The van der Waals surface area contributed by atoms with Gasteiger partial charge >= 0.3 is 0 Å². The van der Waals surface area contributed by atoms with Crippen molar-refractivity contribution in [2.24, 2.45) is 0 Å². The Morgan fingerprint density at radius 3 is 2.44 bits per heavy atom. The lowest BCUT2D eigenvalue weighted by Crippen LogP contribution is -2.42. The second-order valence-corrected chi connectivity index (χ2v) is 4.80. The monoisotopic (exact) mass is 336 g/mol. The molecular weight excluding hydrogens is 324 g/mol. The molecule has 0 aliphatic rings. The van der Waals surface area contributed by atoms with E-state index in [1.807, 2.05) is 0 Å². The van der Waals surface area contributed by atoms with Crippen molar-refractivity contribution in [3.63, 3.8) is 0 Å². The highest BCUT2D eigenvalue weighted by molar-refractivity contribution is 6.03. The number of non-ortho nitro benzene ring substituents is 1. The molecule has 8 heteroatoms. The van der Waals surface area contributed by atoms with Gasteiger partial charge in [0.2, 0.25) is 0 Å². The van der Waals surface area contributed by atoms with E-state index in [2.05, 4.69) is 10.9 Å². The highest BCUT2D eigenvalue weighted by Crippen LogP contribution is 2.12. The van der Waals surface area contributed by atoms with E-state index in [4.69, 9.17) is 5.26 Å². The van der Waals surface area contributed by atoms with Crippen LogP contribution >= 0.6 is 0 Å². The van der Waals surface area contributed by atoms with Gasteiger partial charge in [-0.25, -0.2) is 0 Å². The molecule has 0 aliphatic carbocycles. The molecule has 25 heavy (non-hydrogen) atoms. The van der Waals surface area contributed by atoms with Crippen molar-refractivity contribution in [2.75, 3.05) is 0 Å². The maximum Gasteiger partial charge on any atom is 0.280 e. The molecule has 0 unspecified atom stereocenters. The molecule has 0 saturated carbocycles. The summed E-state index contributed by atoms with van der Waals surface area (Å²) < 4.78 is 0. The third-order valence-corrected chi connectivity index (χ3v) is 3.08. The Balaban J connectivity index is 2.05. The number of nitriles is 1. The molecular formula is C17H12N4O4. The van der Waals surface area contributed by atoms with E-state index in [9.17, 15) is 19.7 Å². The first-order valence-electron chi connectivity index (χ1n) is 7.03. The van der Waals surface area contributed by atoms with Crippen LogP contribution in [0.4, 0.5) is 5.69 Å². The molecule has 124 valence electrons. The van der Waals surface area contributed by atoms with Crippen LogP contribution in [0.1, 0.15) is 15.9 Å². The lowest BCUT2D eigenvalue weighted by molar-refractivity contribution is -0.384. The number of benzene rings is 2. The standard InChI is InChI=1S/C17H12N4O4/c18-11-14(9-12-5-2-1-3-6-12)17(23)20-19-16(22)13-7-4-8-15(10-13)21(24)25/h1-10H,(H,19,22)(H,20,23)/b14-9-. The van der Waals surface area contributed by atoms with Gasteiger partial charge in [-0.15, -0.1) is 0 Å². The number of hydrazine groups is 1. The van der Waals surface area contributed by atoms with Crippen molar-refractivity contribution in [1.29, 1.82) is 5.26 Å². The van der Waals surface area contributed by atoms with Gasteiger partial charge in [0.1, 0.15) is 11.6 Å². The van der Waals surface area contributed by atoms with E-state index in [0.29, 0.717) is 5.56 Å². The molecule has 2 N–H and O–H groups in total. The molecule has 0 fully saturated rings. The molecule has 2 rings (SSSR count). The first kappa shape index (κ1) is 17.4. The highest BCUT2D eigenvalue weighted by Gasteiger charge is 2.14. The van der Waals surface area contributed by atoms with Gasteiger partial charge in [-0.1, -0.05) is 36.4 Å². The summed E-state index contributed by atoms with van der Waals surface area (Å²) in [5.41, 5.74) is 4.41. The molecule has 0 heterocycles. The first-order chi connectivity index (χ1) is 12.0. The number of rotatable bonds is 4. The minimum Gasteiger partial charge on any atom is -0.267 e. The number of amides is 2. The van der Waals surface area contributed by atoms with Gasteiger partial charge in [-0.05, 0) is 17.7 Å². The van der Waals surface area contributed by atoms with Crippen molar-refractivity contribution in [3.05, 3.63) is 81.4 Å². The van der Waals surface area contributed by atoms with E-state index in [-0.39, 0.29) is 16.8 Å². The fourth-order valence-corrected chi connectivity index (χ4v) is 1.88. The normalized spacial score (nSPS) is 10.4. The summed E-state index contributed by atoms with van der Waals surface area (Å²) in [5, 5.41) is 19.8. The number of nitro benzene ring substituents is 1. The van der Waals surface area contributed by atoms with Crippen molar-refractivity contribution in [2.45, 2.75) is 0 Å². The van der Waals surface area contributed by atoms with E-state index in [1.165, 1.54) is 24.3 Å². The van der Waals surface area contributed by atoms with E-state index >= 15 is 0 Å². The predicted octanol–water partition coefficient (Wildman–Crippen LogP) is 1.96. The van der Waals surface area contributed by atoms with E-state index in [0.717, 1.165) is 6.07 Å². The molecule has 2 amide bonds.